The molecule has 0 atom stereocenters. The zero-order chi connectivity index (χ0) is 49.7. The average molecular weight is 983 g/mol. The number of hydrogen-bond donors (Lipinski definition) is 2. The molecule has 0 amide bonds. The number of aromatic amines is 2. The molecule has 4 aliphatic rings. The summed E-state index contributed by atoms with van der Waals surface area (Å²) in [5, 5.41) is 0. The predicted molar refractivity (Wildman–Crippen MR) is 306 cm³/mol. The van der Waals surface area contributed by atoms with E-state index in [0.29, 0.717) is 26.4 Å². The van der Waals surface area contributed by atoms with Gasteiger partial charge >= 0.3 is 0 Å². The Morgan fingerprint density at radius 2 is 0.473 bits per heavy atom. The molecule has 7 heterocycles. The van der Waals surface area contributed by atoms with Crippen molar-refractivity contribution in [2.24, 2.45) is 0 Å². The van der Waals surface area contributed by atoms with Gasteiger partial charge in [-0.2, -0.15) is 0 Å². The maximum atomic E-state index is 6.79. The molecule has 2 N–H and O–H groups in total. The quantitative estimate of drug-likeness (QED) is 0.157. The summed E-state index contributed by atoms with van der Waals surface area (Å²) < 4.78 is 27.1. The van der Waals surface area contributed by atoms with Gasteiger partial charge < -0.3 is 28.9 Å². The molecule has 8 nitrogen and oxygen atoms in total. The number of rotatable bonds is 0. The van der Waals surface area contributed by atoms with Crippen molar-refractivity contribution in [3.05, 3.63) is 144 Å². The fraction of sp³-hybridized carbons (Fsp3) is 0.333. The smallest absolute Gasteiger partial charge is 0.127 e. The van der Waals surface area contributed by atoms with Crippen LogP contribution in [0.15, 0.2) is 121 Å². The second-order valence-corrected chi connectivity index (χ2v) is 20.2. The van der Waals surface area contributed by atoms with Crippen molar-refractivity contribution >= 4 is 46.4 Å². The summed E-state index contributed by atoms with van der Waals surface area (Å²) in [6.45, 7) is 2.58. The number of hydrogen-bond acceptors (Lipinski definition) is 6. The maximum absolute atomic E-state index is 6.79. The van der Waals surface area contributed by atoms with E-state index in [2.05, 4.69) is 156 Å². The standard InChI is InChI=1S/C66H70N4O4/c1-3-7-11-23-43-71-59-31-19-15-27-47(59)63-51-35-39-55(67-51)65-49-29-17-21-33-61(49)73-45-25-13-9-5-2-6-10-14-26-46-74-62-34-22-18-30-50(62)66(56-40-36-52(63)68-56)58-42-38-54(70-58)64(53-37-41-57(65)69-53)48-28-16-20-32-60(48)72-44-24-12-8-4-1/h15-22,27-42,67,70H,1-14,23-26,43-46H2. The van der Waals surface area contributed by atoms with Gasteiger partial charge in [-0.05, 0) is 98.5 Å². The number of benzene rings is 4. The first kappa shape index (κ1) is 48.9. The SMILES string of the molecule is C1=Cc2nc1c1c3ccc([nH]3)c3c4nc(c(c5ccc([nH]5)c2-c2ccccc2OCCCCCCCCCCCOc2ccccc2-3)-c2ccccc2OCCCCCCCCCCCOc2ccccc2-1)C=C4. The summed E-state index contributed by atoms with van der Waals surface area (Å²) in [5.41, 5.74) is 14.8. The molecule has 12 bridgehead atoms. The Hall–Kier alpha value is -7.32. The molecule has 74 heavy (non-hydrogen) atoms. The van der Waals surface area contributed by atoms with Gasteiger partial charge in [0.1, 0.15) is 23.0 Å². The number of para-hydroxylation sites is 4. The van der Waals surface area contributed by atoms with E-state index in [1.54, 1.807) is 0 Å². The van der Waals surface area contributed by atoms with Crippen LogP contribution in [0.2, 0.25) is 0 Å². The van der Waals surface area contributed by atoms with Crippen LogP contribution in [-0.2, 0) is 0 Å². The molecule has 4 aromatic carbocycles. The number of nitrogens with one attached hydrogen (secondary N) is 2. The van der Waals surface area contributed by atoms with Gasteiger partial charge in [-0.25, -0.2) is 9.97 Å². The molecule has 0 unspecified atom stereocenters. The third-order valence-electron chi connectivity index (χ3n) is 15.0. The summed E-state index contributed by atoms with van der Waals surface area (Å²) in [7, 11) is 0. The van der Waals surface area contributed by atoms with Gasteiger partial charge in [-0.15, -0.1) is 0 Å². The van der Waals surface area contributed by atoms with E-state index in [9.17, 15) is 0 Å². The lowest BCUT2D eigenvalue weighted by molar-refractivity contribution is 0.303. The first-order chi connectivity index (χ1) is 36.8. The topological polar surface area (TPSA) is 94.3 Å². The van der Waals surface area contributed by atoms with E-state index < -0.39 is 0 Å². The lowest BCUT2D eigenvalue weighted by Gasteiger charge is -2.14. The van der Waals surface area contributed by atoms with Gasteiger partial charge in [-0.3, -0.25) is 0 Å². The van der Waals surface area contributed by atoms with Gasteiger partial charge in [0.2, 0.25) is 0 Å². The van der Waals surface area contributed by atoms with Crippen molar-refractivity contribution in [2.75, 3.05) is 26.4 Å². The summed E-state index contributed by atoms with van der Waals surface area (Å²) in [6.07, 6.45) is 29.6. The molecule has 4 aliphatic heterocycles. The van der Waals surface area contributed by atoms with Crippen LogP contribution < -0.4 is 18.9 Å². The van der Waals surface area contributed by atoms with E-state index in [4.69, 9.17) is 28.9 Å². The normalized spacial score (nSPS) is 16.3. The number of ether oxygens (including phenoxy) is 4. The van der Waals surface area contributed by atoms with Crippen molar-refractivity contribution in [3.8, 4) is 67.5 Å². The summed E-state index contributed by atoms with van der Waals surface area (Å²) >= 11 is 0. The van der Waals surface area contributed by atoms with E-state index in [0.717, 1.165) is 164 Å². The zero-order valence-electron chi connectivity index (χ0n) is 42.9. The van der Waals surface area contributed by atoms with E-state index in [-0.39, 0.29) is 0 Å². The molecule has 0 saturated carbocycles. The minimum absolute atomic E-state index is 0.645. The Morgan fingerprint density at radius 3 is 0.716 bits per heavy atom. The summed E-state index contributed by atoms with van der Waals surface area (Å²) in [4.78, 5) is 19.3. The van der Waals surface area contributed by atoms with Crippen LogP contribution in [0.25, 0.3) is 90.9 Å². The Balaban J connectivity index is 1.23. The number of H-pyrrole nitrogens is 2. The molecule has 0 spiro atoms. The molecule has 0 radical (unpaired) electrons. The van der Waals surface area contributed by atoms with Gasteiger partial charge in [0.05, 0.1) is 49.2 Å². The maximum Gasteiger partial charge on any atom is 0.127 e. The van der Waals surface area contributed by atoms with Gasteiger partial charge in [0, 0.05) is 66.6 Å². The van der Waals surface area contributed by atoms with Gasteiger partial charge in [-0.1, -0.05) is 163 Å². The van der Waals surface area contributed by atoms with Crippen molar-refractivity contribution in [1.82, 2.24) is 19.9 Å². The van der Waals surface area contributed by atoms with Crippen molar-refractivity contribution in [3.63, 3.8) is 0 Å². The number of aromatic nitrogens is 4. The third kappa shape index (κ3) is 11.3. The highest BCUT2D eigenvalue weighted by atomic mass is 16.5. The molecule has 3 aromatic heterocycles. The Labute approximate surface area is 437 Å². The average Bonchev–Trinajstić information content (AvgIpc) is 4.29. The van der Waals surface area contributed by atoms with Crippen LogP contribution in [0.1, 0.15) is 138 Å². The fourth-order valence-electron chi connectivity index (χ4n) is 11.1. The molecule has 0 fully saturated rings. The first-order valence-corrected chi connectivity index (χ1v) is 27.8. The van der Waals surface area contributed by atoms with Crippen LogP contribution in [0.5, 0.6) is 23.0 Å². The minimum Gasteiger partial charge on any atom is -0.493 e. The van der Waals surface area contributed by atoms with Gasteiger partial charge in [0.25, 0.3) is 0 Å². The Morgan fingerprint density at radius 1 is 0.257 bits per heavy atom. The molecule has 0 aliphatic carbocycles. The highest BCUT2D eigenvalue weighted by Gasteiger charge is 2.23. The lowest BCUT2D eigenvalue weighted by Crippen LogP contribution is -2.01. The van der Waals surface area contributed by atoms with Crippen molar-refractivity contribution < 1.29 is 18.9 Å². The highest BCUT2D eigenvalue weighted by molar-refractivity contribution is 6.01. The van der Waals surface area contributed by atoms with Gasteiger partial charge in [0.15, 0.2) is 0 Å². The van der Waals surface area contributed by atoms with Crippen LogP contribution in [-0.4, -0.2) is 46.4 Å². The molecular formula is C66H70N4O4. The van der Waals surface area contributed by atoms with Crippen molar-refractivity contribution in [1.29, 1.82) is 0 Å². The molecule has 378 valence electrons. The van der Waals surface area contributed by atoms with Crippen molar-refractivity contribution in [2.45, 2.75) is 116 Å². The Bertz CT molecular complexity index is 2860. The van der Waals surface area contributed by atoms with E-state index >= 15 is 0 Å². The monoisotopic (exact) mass is 983 g/mol. The molecule has 0 saturated heterocycles. The Kier molecular flexibility index (Phi) is 16.0. The molecule has 8 heteroatoms. The van der Waals surface area contributed by atoms with Crippen LogP contribution >= 0.6 is 0 Å². The summed E-state index contributed by atoms with van der Waals surface area (Å²) in [5.74, 6) is 3.36. The highest BCUT2D eigenvalue weighted by Crippen LogP contribution is 2.44. The van der Waals surface area contributed by atoms with E-state index in [1.165, 1.54) is 64.2 Å². The van der Waals surface area contributed by atoms with Crippen LogP contribution in [0.4, 0.5) is 0 Å². The summed E-state index contributed by atoms with van der Waals surface area (Å²) in [6, 6.07) is 42.6. The second kappa shape index (κ2) is 24.1. The fourth-order valence-corrected chi connectivity index (χ4v) is 11.1. The van der Waals surface area contributed by atoms with Crippen LogP contribution in [0, 0.1) is 0 Å². The minimum atomic E-state index is 0.645. The zero-order valence-corrected chi connectivity index (χ0v) is 42.9. The molecule has 7 aromatic rings. The lowest BCUT2D eigenvalue weighted by atomic mass is 10.0. The molecular weight excluding hydrogens is 913 g/mol. The largest absolute Gasteiger partial charge is 0.493 e. The predicted octanol–water partition coefficient (Wildman–Crippen LogP) is 17.9. The number of fused-ring (bicyclic) bond motifs is 10. The van der Waals surface area contributed by atoms with E-state index in [1.807, 2.05) is 0 Å². The first-order valence-electron chi connectivity index (χ1n) is 27.8. The number of nitrogens with zero attached hydrogens (tertiary/aromatic N) is 2. The molecule has 11 rings (SSSR count). The van der Waals surface area contributed by atoms with Crippen LogP contribution in [0.3, 0.4) is 0 Å². The second-order valence-electron chi connectivity index (χ2n) is 20.2. The third-order valence-corrected chi connectivity index (χ3v) is 15.0.